The molecule has 1 saturated heterocycles. The van der Waals surface area contributed by atoms with Crippen LogP contribution in [0.2, 0.25) is 0 Å². The van der Waals surface area contributed by atoms with E-state index < -0.39 is 58.6 Å². The summed E-state index contributed by atoms with van der Waals surface area (Å²) in [6.07, 6.45) is -0.390. The first-order chi connectivity index (χ1) is 13.9. The molecule has 0 aromatic carbocycles. The molecular formula is C23H36N2O6. The highest BCUT2D eigenvalue weighted by Gasteiger charge is 2.60. The lowest BCUT2D eigenvalue weighted by molar-refractivity contribution is -0.162. The van der Waals surface area contributed by atoms with Gasteiger partial charge in [0.25, 0.3) is 0 Å². The first-order valence-electron chi connectivity index (χ1n) is 10.8. The van der Waals surface area contributed by atoms with Crippen molar-refractivity contribution in [3.63, 3.8) is 0 Å². The summed E-state index contributed by atoms with van der Waals surface area (Å²) in [6.45, 7) is 16.0. The summed E-state index contributed by atoms with van der Waals surface area (Å²) < 4.78 is 16.7. The molecule has 0 N–H and O–H groups in total. The number of fused-ring (bicyclic) bond motifs is 1. The smallest absolute Gasteiger partial charge is 0.411 e. The van der Waals surface area contributed by atoms with E-state index in [0.717, 1.165) is 0 Å². The molecule has 2 aliphatic rings. The minimum absolute atomic E-state index is 0.154. The van der Waals surface area contributed by atoms with Crippen LogP contribution in [-0.2, 0) is 23.8 Å². The fourth-order valence-corrected chi connectivity index (χ4v) is 4.37. The molecule has 0 bridgehead atoms. The number of carbonyl (C=O) groups excluding carboxylic acids is 3. The minimum Gasteiger partial charge on any atom is -0.460 e. The van der Waals surface area contributed by atoms with Gasteiger partial charge in [0.1, 0.15) is 22.8 Å². The molecular weight excluding hydrogens is 400 g/mol. The van der Waals surface area contributed by atoms with Gasteiger partial charge in [-0.1, -0.05) is 0 Å². The quantitative estimate of drug-likeness (QED) is 0.480. The number of ether oxygens (including phenoxy) is 3. The van der Waals surface area contributed by atoms with Gasteiger partial charge in [-0.3, -0.25) is 14.5 Å². The Hall–Kier alpha value is -2.30. The number of rotatable bonds is 2. The van der Waals surface area contributed by atoms with Gasteiger partial charge in [-0.05, 0) is 74.7 Å². The van der Waals surface area contributed by atoms with Gasteiger partial charge in [-0.25, -0.2) is 4.79 Å². The van der Waals surface area contributed by atoms with Gasteiger partial charge in [0, 0.05) is 12.5 Å². The lowest BCUT2D eigenvalue weighted by Gasteiger charge is -2.29. The third kappa shape index (κ3) is 6.11. The van der Waals surface area contributed by atoms with E-state index in [1.807, 2.05) is 0 Å². The fourth-order valence-electron chi connectivity index (χ4n) is 4.37. The largest absolute Gasteiger partial charge is 0.460 e. The zero-order chi connectivity index (χ0) is 23.9. The second kappa shape index (κ2) is 8.33. The summed E-state index contributed by atoms with van der Waals surface area (Å²) in [7, 11) is 0. The van der Waals surface area contributed by atoms with Crippen molar-refractivity contribution in [2.45, 2.75) is 91.6 Å². The van der Waals surface area contributed by atoms with Crippen molar-refractivity contribution in [3.8, 4) is 6.07 Å². The van der Waals surface area contributed by atoms with Crippen LogP contribution in [-0.4, -0.2) is 52.3 Å². The molecule has 0 unspecified atom stereocenters. The maximum absolute atomic E-state index is 13.0. The molecule has 0 aromatic rings. The van der Waals surface area contributed by atoms with Crippen LogP contribution in [0.5, 0.6) is 0 Å². The molecule has 2 rings (SSSR count). The molecule has 0 spiro atoms. The molecule has 1 amide bonds. The molecule has 1 aliphatic heterocycles. The molecule has 0 aromatic heterocycles. The Morgan fingerprint density at radius 1 is 0.806 bits per heavy atom. The van der Waals surface area contributed by atoms with E-state index in [0.29, 0.717) is 0 Å². The molecule has 31 heavy (non-hydrogen) atoms. The van der Waals surface area contributed by atoms with E-state index in [2.05, 4.69) is 6.07 Å². The van der Waals surface area contributed by atoms with E-state index in [9.17, 15) is 19.6 Å². The van der Waals surface area contributed by atoms with Gasteiger partial charge < -0.3 is 14.2 Å². The lowest BCUT2D eigenvalue weighted by Crippen LogP contribution is -2.43. The summed E-state index contributed by atoms with van der Waals surface area (Å²) in [5.41, 5.74) is -2.12. The van der Waals surface area contributed by atoms with Gasteiger partial charge in [-0.15, -0.1) is 0 Å². The molecule has 1 saturated carbocycles. The van der Waals surface area contributed by atoms with Crippen LogP contribution in [0.15, 0.2) is 0 Å². The Balaban J connectivity index is 2.38. The van der Waals surface area contributed by atoms with Crippen molar-refractivity contribution in [2.75, 3.05) is 6.54 Å². The first-order valence-corrected chi connectivity index (χ1v) is 10.8. The van der Waals surface area contributed by atoms with E-state index >= 15 is 0 Å². The number of hydrogen-bond acceptors (Lipinski definition) is 7. The van der Waals surface area contributed by atoms with E-state index in [-0.39, 0.29) is 18.9 Å². The zero-order valence-electron chi connectivity index (χ0n) is 20.1. The Morgan fingerprint density at radius 3 is 1.68 bits per heavy atom. The highest BCUT2D eigenvalue weighted by atomic mass is 16.6. The summed E-state index contributed by atoms with van der Waals surface area (Å²) in [5, 5.41) is 9.91. The minimum atomic E-state index is -0.884. The SMILES string of the molecule is CC(C)(C)OC(=O)[C@H]1C[C@@H](C(=O)OC(C)(C)C)[C@H]2CN(C(=O)OC(C)(C)C)[C@H](C#N)[C@H]21. The number of amides is 1. The van der Waals surface area contributed by atoms with Gasteiger partial charge in [0.15, 0.2) is 0 Å². The number of nitriles is 1. The average molecular weight is 437 g/mol. The van der Waals surface area contributed by atoms with Crippen molar-refractivity contribution >= 4 is 18.0 Å². The molecule has 5 atom stereocenters. The Morgan fingerprint density at radius 2 is 1.26 bits per heavy atom. The molecule has 0 radical (unpaired) electrons. The highest BCUT2D eigenvalue weighted by molar-refractivity contribution is 5.80. The van der Waals surface area contributed by atoms with Crippen LogP contribution in [0.4, 0.5) is 4.79 Å². The molecule has 2 fully saturated rings. The maximum Gasteiger partial charge on any atom is 0.411 e. The van der Waals surface area contributed by atoms with Crippen LogP contribution in [0.3, 0.4) is 0 Å². The monoisotopic (exact) mass is 436 g/mol. The highest BCUT2D eigenvalue weighted by Crippen LogP contribution is 2.51. The van der Waals surface area contributed by atoms with Crippen molar-refractivity contribution in [1.82, 2.24) is 4.90 Å². The average Bonchev–Trinajstić information content (AvgIpc) is 3.06. The van der Waals surface area contributed by atoms with Crippen molar-refractivity contribution in [2.24, 2.45) is 23.7 Å². The van der Waals surface area contributed by atoms with Gasteiger partial charge >= 0.3 is 18.0 Å². The number of carbonyl (C=O) groups is 3. The predicted octanol–water partition coefficient (Wildman–Crippen LogP) is 3.68. The van der Waals surface area contributed by atoms with Crippen molar-refractivity contribution < 1.29 is 28.6 Å². The van der Waals surface area contributed by atoms with Crippen LogP contribution < -0.4 is 0 Å². The first kappa shape index (κ1) is 25.0. The molecule has 1 aliphatic carbocycles. The summed E-state index contributed by atoms with van der Waals surface area (Å²) in [6, 6.07) is 1.29. The third-order valence-corrected chi connectivity index (χ3v) is 5.27. The lowest BCUT2D eigenvalue weighted by atomic mass is 9.85. The van der Waals surface area contributed by atoms with E-state index in [1.54, 1.807) is 62.3 Å². The van der Waals surface area contributed by atoms with Crippen LogP contribution in [0, 0.1) is 35.0 Å². The third-order valence-electron chi connectivity index (χ3n) is 5.27. The Kier molecular flexibility index (Phi) is 6.71. The van der Waals surface area contributed by atoms with Gasteiger partial charge in [0.05, 0.1) is 17.9 Å². The summed E-state index contributed by atoms with van der Waals surface area (Å²) >= 11 is 0. The molecule has 8 nitrogen and oxygen atoms in total. The van der Waals surface area contributed by atoms with Crippen LogP contribution in [0.25, 0.3) is 0 Å². The number of esters is 2. The summed E-state index contributed by atoms with van der Waals surface area (Å²) in [4.78, 5) is 40.1. The van der Waals surface area contributed by atoms with Gasteiger partial charge in [-0.2, -0.15) is 5.26 Å². The fraction of sp³-hybridized carbons (Fsp3) is 0.826. The summed E-state index contributed by atoms with van der Waals surface area (Å²) in [5.74, 6) is -3.07. The Labute approximate surface area is 185 Å². The standard InChI is InChI=1S/C23H36N2O6/c1-21(2,3)29-18(26)13-10-14(19(27)30-22(4,5)6)17-15(13)12-25(16(17)11-24)20(28)31-23(7,8)9/h13-17H,10,12H2,1-9H3/t13-,14+,15-,16-,17+/m1/s1. The van der Waals surface area contributed by atoms with Gasteiger partial charge in [0.2, 0.25) is 0 Å². The number of likely N-dealkylation sites (tertiary alicyclic amines) is 1. The molecule has 8 heteroatoms. The maximum atomic E-state index is 13.0. The van der Waals surface area contributed by atoms with E-state index in [4.69, 9.17) is 14.2 Å². The van der Waals surface area contributed by atoms with Crippen LogP contribution >= 0.6 is 0 Å². The van der Waals surface area contributed by atoms with Crippen molar-refractivity contribution in [3.05, 3.63) is 0 Å². The number of nitrogens with zero attached hydrogens (tertiary/aromatic N) is 2. The Bertz CT molecular complexity index is 765. The zero-order valence-corrected chi connectivity index (χ0v) is 20.1. The second-order valence-corrected chi connectivity index (χ2v) is 11.5. The topological polar surface area (TPSA) is 106 Å². The molecule has 174 valence electrons. The second-order valence-electron chi connectivity index (χ2n) is 11.5. The van der Waals surface area contributed by atoms with Crippen molar-refractivity contribution in [1.29, 1.82) is 5.26 Å². The number of hydrogen-bond donors (Lipinski definition) is 0. The normalized spacial score (nSPS) is 28.5. The predicted molar refractivity (Wildman–Crippen MR) is 113 cm³/mol. The molecule has 1 heterocycles. The van der Waals surface area contributed by atoms with E-state index in [1.165, 1.54) is 4.90 Å². The van der Waals surface area contributed by atoms with Crippen LogP contribution in [0.1, 0.15) is 68.7 Å².